The molecule has 1 N–H and O–H groups in total. The van der Waals surface area contributed by atoms with Gasteiger partial charge in [-0.3, -0.25) is 4.79 Å². The lowest BCUT2D eigenvalue weighted by Gasteiger charge is -2.19. The van der Waals surface area contributed by atoms with Gasteiger partial charge in [0.2, 0.25) is 0 Å². The van der Waals surface area contributed by atoms with E-state index in [1.807, 2.05) is 30.3 Å². The van der Waals surface area contributed by atoms with E-state index in [9.17, 15) is 4.79 Å². The molecule has 0 spiro atoms. The minimum absolute atomic E-state index is 0.201. The van der Waals surface area contributed by atoms with Crippen LogP contribution in [0.4, 0.5) is 5.69 Å². The second-order valence-electron chi connectivity index (χ2n) is 5.75. The van der Waals surface area contributed by atoms with Crippen LogP contribution in [0.3, 0.4) is 0 Å². The Morgan fingerprint density at radius 3 is 2.27 bits per heavy atom. The Hall–Kier alpha value is -3.47. The third kappa shape index (κ3) is 3.62. The van der Waals surface area contributed by atoms with Gasteiger partial charge in [-0.25, -0.2) is 0 Å². The number of anilines is 1. The molecule has 0 saturated carbocycles. The van der Waals surface area contributed by atoms with Crippen molar-refractivity contribution in [1.82, 2.24) is 0 Å². The average molecular weight is 347 g/mol. The fourth-order valence-corrected chi connectivity index (χ4v) is 2.62. The van der Waals surface area contributed by atoms with Crippen LogP contribution < -0.4 is 19.5 Å². The summed E-state index contributed by atoms with van der Waals surface area (Å²) in [6, 6.07) is 21.8. The molecule has 1 aliphatic heterocycles. The smallest absolute Gasteiger partial charge is 0.255 e. The maximum absolute atomic E-state index is 12.4. The number of carbonyl (C=O) groups is 1. The van der Waals surface area contributed by atoms with E-state index in [4.69, 9.17) is 14.2 Å². The molecule has 0 radical (unpaired) electrons. The molecule has 0 aromatic heterocycles. The Morgan fingerprint density at radius 1 is 0.808 bits per heavy atom. The number of ether oxygens (including phenoxy) is 3. The summed E-state index contributed by atoms with van der Waals surface area (Å²) in [6.07, 6.45) is 0. The number of fused-ring (bicyclic) bond motifs is 1. The molecule has 0 saturated heterocycles. The topological polar surface area (TPSA) is 56.8 Å². The SMILES string of the molecule is O=C(Nc1ccc2c(c1)OCCO2)c1ccc(Oc2ccccc2)cc1. The van der Waals surface area contributed by atoms with Crippen molar-refractivity contribution in [2.24, 2.45) is 0 Å². The van der Waals surface area contributed by atoms with E-state index >= 15 is 0 Å². The highest BCUT2D eigenvalue weighted by molar-refractivity contribution is 6.04. The predicted octanol–water partition coefficient (Wildman–Crippen LogP) is 4.50. The zero-order valence-corrected chi connectivity index (χ0v) is 14.0. The Kier molecular flexibility index (Phi) is 4.43. The molecule has 0 aliphatic carbocycles. The Morgan fingerprint density at radius 2 is 1.50 bits per heavy atom. The van der Waals surface area contributed by atoms with Crippen molar-refractivity contribution in [2.75, 3.05) is 18.5 Å². The molecule has 130 valence electrons. The number of para-hydroxylation sites is 1. The minimum atomic E-state index is -0.201. The Balaban J connectivity index is 1.43. The van der Waals surface area contributed by atoms with Gasteiger partial charge in [0.05, 0.1) is 0 Å². The monoisotopic (exact) mass is 347 g/mol. The number of nitrogens with one attached hydrogen (secondary N) is 1. The summed E-state index contributed by atoms with van der Waals surface area (Å²) < 4.78 is 16.7. The first-order valence-electron chi connectivity index (χ1n) is 8.32. The molecular weight excluding hydrogens is 330 g/mol. The fourth-order valence-electron chi connectivity index (χ4n) is 2.62. The molecule has 0 fully saturated rings. The summed E-state index contributed by atoms with van der Waals surface area (Å²) in [5.74, 6) is 2.55. The molecule has 0 atom stereocenters. The lowest BCUT2D eigenvalue weighted by molar-refractivity contribution is 0.102. The minimum Gasteiger partial charge on any atom is -0.486 e. The highest BCUT2D eigenvalue weighted by atomic mass is 16.6. The van der Waals surface area contributed by atoms with Gasteiger partial charge in [-0.15, -0.1) is 0 Å². The highest BCUT2D eigenvalue weighted by Gasteiger charge is 2.13. The summed E-state index contributed by atoms with van der Waals surface area (Å²) in [5.41, 5.74) is 1.20. The number of amides is 1. The summed E-state index contributed by atoms with van der Waals surface area (Å²) in [4.78, 5) is 12.4. The fraction of sp³-hybridized carbons (Fsp3) is 0.0952. The van der Waals surface area contributed by atoms with Gasteiger partial charge in [0.15, 0.2) is 11.5 Å². The summed E-state index contributed by atoms with van der Waals surface area (Å²) in [5, 5.41) is 2.86. The van der Waals surface area contributed by atoms with E-state index in [2.05, 4.69) is 5.32 Å². The maximum Gasteiger partial charge on any atom is 0.255 e. The van der Waals surface area contributed by atoms with Crippen molar-refractivity contribution < 1.29 is 19.0 Å². The van der Waals surface area contributed by atoms with Crippen LogP contribution in [0.25, 0.3) is 0 Å². The van der Waals surface area contributed by atoms with Gasteiger partial charge in [0.1, 0.15) is 24.7 Å². The second kappa shape index (κ2) is 7.19. The Bertz CT molecular complexity index is 907. The molecule has 26 heavy (non-hydrogen) atoms. The molecule has 4 rings (SSSR count). The lowest BCUT2D eigenvalue weighted by Crippen LogP contribution is -2.16. The van der Waals surface area contributed by atoms with Crippen molar-refractivity contribution in [2.45, 2.75) is 0 Å². The molecule has 0 unspecified atom stereocenters. The number of hydrogen-bond acceptors (Lipinski definition) is 4. The van der Waals surface area contributed by atoms with Crippen LogP contribution in [0.5, 0.6) is 23.0 Å². The van der Waals surface area contributed by atoms with Crippen LogP contribution in [-0.4, -0.2) is 19.1 Å². The van der Waals surface area contributed by atoms with Crippen LogP contribution in [-0.2, 0) is 0 Å². The van der Waals surface area contributed by atoms with Gasteiger partial charge >= 0.3 is 0 Å². The van der Waals surface area contributed by atoms with Crippen LogP contribution in [0.1, 0.15) is 10.4 Å². The van der Waals surface area contributed by atoms with Gasteiger partial charge in [-0.2, -0.15) is 0 Å². The Labute approximate surface area is 151 Å². The first-order chi connectivity index (χ1) is 12.8. The zero-order valence-electron chi connectivity index (χ0n) is 14.0. The number of hydrogen-bond donors (Lipinski definition) is 1. The van der Waals surface area contributed by atoms with E-state index in [1.165, 1.54) is 0 Å². The van der Waals surface area contributed by atoms with E-state index in [0.29, 0.717) is 41.7 Å². The van der Waals surface area contributed by atoms with Gasteiger partial charge in [-0.1, -0.05) is 18.2 Å². The molecule has 3 aromatic carbocycles. The molecular formula is C21H17NO4. The first-order valence-corrected chi connectivity index (χ1v) is 8.32. The standard InChI is InChI=1S/C21H17NO4/c23-21(22-16-8-11-19-20(14-16)25-13-12-24-19)15-6-9-18(10-7-15)26-17-4-2-1-3-5-17/h1-11,14H,12-13H2,(H,22,23). The largest absolute Gasteiger partial charge is 0.486 e. The molecule has 5 nitrogen and oxygen atoms in total. The lowest BCUT2D eigenvalue weighted by atomic mass is 10.2. The van der Waals surface area contributed by atoms with Crippen LogP contribution in [0.2, 0.25) is 0 Å². The molecule has 5 heteroatoms. The van der Waals surface area contributed by atoms with Crippen molar-refractivity contribution in [3.8, 4) is 23.0 Å². The van der Waals surface area contributed by atoms with Crippen LogP contribution >= 0.6 is 0 Å². The van der Waals surface area contributed by atoms with Gasteiger partial charge in [0.25, 0.3) is 5.91 Å². The zero-order chi connectivity index (χ0) is 17.8. The van der Waals surface area contributed by atoms with Gasteiger partial charge in [0, 0.05) is 17.3 Å². The van der Waals surface area contributed by atoms with Gasteiger partial charge < -0.3 is 19.5 Å². The van der Waals surface area contributed by atoms with E-state index in [-0.39, 0.29) is 5.91 Å². The molecule has 3 aromatic rings. The van der Waals surface area contributed by atoms with Gasteiger partial charge in [-0.05, 0) is 48.5 Å². The van der Waals surface area contributed by atoms with E-state index in [1.54, 1.807) is 42.5 Å². The maximum atomic E-state index is 12.4. The second-order valence-corrected chi connectivity index (χ2v) is 5.75. The van der Waals surface area contributed by atoms with E-state index in [0.717, 1.165) is 5.75 Å². The third-order valence-electron chi connectivity index (χ3n) is 3.90. The quantitative estimate of drug-likeness (QED) is 0.755. The van der Waals surface area contributed by atoms with Crippen LogP contribution in [0.15, 0.2) is 72.8 Å². The van der Waals surface area contributed by atoms with Crippen molar-refractivity contribution in [3.05, 3.63) is 78.4 Å². The number of benzene rings is 3. The normalized spacial score (nSPS) is 12.3. The summed E-state index contributed by atoms with van der Waals surface area (Å²) in [6.45, 7) is 1.05. The average Bonchev–Trinajstić information content (AvgIpc) is 2.69. The molecule has 0 bridgehead atoms. The molecule has 1 amide bonds. The van der Waals surface area contributed by atoms with Crippen molar-refractivity contribution in [1.29, 1.82) is 0 Å². The van der Waals surface area contributed by atoms with Crippen LogP contribution in [0, 0.1) is 0 Å². The number of rotatable bonds is 4. The van der Waals surface area contributed by atoms with E-state index < -0.39 is 0 Å². The van der Waals surface area contributed by atoms with Crippen molar-refractivity contribution >= 4 is 11.6 Å². The third-order valence-corrected chi connectivity index (χ3v) is 3.90. The highest BCUT2D eigenvalue weighted by Crippen LogP contribution is 2.32. The summed E-state index contributed by atoms with van der Waals surface area (Å²) >= 11 is 0. The van der Waals surface area contributed by atoms with Crippen molar-refractivity contribution in [3.63, 3.8) is 0 Å². The predicted molar refractivity (Wildman–Crippen MR) is 98.3 cm³/mol. The summed E-state index contributed by atoms with van der Waals surface area (Å²) in [7, 11) is 0. The first kappa shape index (κ1) is 16.0. The number of carbonyl (C=O) groups excluding carboxylic acids is 1. The molecule has 1 aliphatic rings. The molecule has 1 heterocycles.